The van der Waals surface area contributed by atoms with E-state index >= 15 is 0 Å². The summed E-state index contributed by atoms with van der Waals surface area (Å²) in [6.07, 6.45) is 4.90. The number of esters is 1. The maximum absolute atomic E-state index is 12.7. The third-order valence-electron chi connectivity index (χ3n) is 6.19. The Morgan fingerprint density at radius 2 is 2.07 bits per heavy atom. The van der Waals surface area contributed by atoms with Crippen molar-refractivity contribution in [2.75, 3.05) is 18.9 Å². The minimum atomic E-state index is -0.689. The van der Waals surface area contributed by atoms with E-state index in [0.717, 1.165) is 43.6 Å². The zero-order valence-corrected chi connectivity index (χ0v) is 17.1. The number of nitrogens with one attached hydrogen (secondary N) is 1. The van der Waals surface area contributed by atoms with Gasteiger partial charge < -0.3 is 15.2 Å². The average molecular weight is 410 g/mol. The predicted molar refractivity (Wildman–Crippen MR) is 107 cm³/mol. The highest BCUT2D eigenvalue weighted by Crippen LogP contribution is 2.61. The van der Waals surface area contributed by atoms with E-state index in [1.54, 1.807) is 23.1 Å². The van der Waals surface area contributed by atoms with Crippen LogP contribution in [-0.2, 0) is 20.1 Å². The van der Waals surface area contributed by atoms with Crippen LogP contribution in [-0.4, -0.2) is 41.5 Å². The second kappa shape index (κ2) is 7.76. The van der Waals surface area contributed by atoms with Crippen LogP contribution < -0.4 is 5.32 Å². The van der Waals surface area contributed by atoms with Gasteiger partial charge in [-0.15, -0.1) is 11.3 Å². The second-order valence-electron chi connectivity index (χ2n) is 8.52. The average Bonchev–Trinajstić information content (AvgIpc) is 3.10. The zero-order valence-electron chi connectivity index (χ0n) is 15.4. The fourth-order valence-corrected chi connectivity index (χ4v) is 7.32. The van der Waals surface area contributed by atoms with Gasteiger partial charge in [-0.2, -0.15) is 11.8 Å². The number of rotatable bonds is 8. The molecular formula is C20H27NO4S2. The first kappa shape index (κ1) is 19.3. The third kappa shape index (κ3) is 4.35. The molecule has 4 atom stereocenters. The van der Waals surface area contributed by atoms with Gasteiger partial charge in [0, 0.05) is 22.9 Å². The van der Waals surface area contributed by atoms with E-state index in [-0.39, 0.29) is 18.5 Å². The number of thiophene rings is 1. The summed E-state index contributed by atoms with van der Waals surface area (Å²) in [7, 11) is 0. The first-order valence-corrected chi connectivity index (χ1v) is 11.8. The van der Waals surface area contributed by atoms with Crippen molar-refractivity contribution in [1.82, 2.24) is 5.32 Å². The molecule has 0 aromatic carbocycles. The lowest BCUT2D eigenvalue weighted by Crippen LogP contribution is -2.58. The van der Waals surface area contributed by atoms with E-state index < -0.39 is 11.0 Å². The Bertz CT molecular complexity index is 676. The quantitative estimate of drug-likeness (QED) is 0.510. The zero-order chi connectivity index (χ0) is 18.9. The Balaban J connectivity index is 1.17. The van der Waals surface area contributed by atoms with Gasteiger partial charge in [-0.3, -0.25) is 9.59 Å². The molecule has 4 aliphatic carbocycles. The van der Waals surface area contributed by atoms with E-state index in [0.29, 0.717) is 24.8 Å². The lowest BCUT2D eigenvalue weighted by Gasteiger charge is -2.58. The molecule has 2 unspecified atom stereocenters. The molecule has 5 nitrogen and oxygen atoms in total. The molecule has 1 heterocycles. The van der Waals surface area contributed by atoms with Crippen molar-refractivity contribution in [3.05, 3.63) is 22.4 Å². The summed E-state index contributed by atoms with van der Waals surface area (Å²) in [5, 5.41) is 15.6. The molecule has 4 fully saturated rings. The highest BCUT2D eigenvalue weighted by Gasteiger charge is 2.60. The monoisotopic (exact) mass is 409 g/mol. The molecule has 5 rings (SSSR count). The van der Waals surface area contributed by atoms with Crippen molar-refractivity contribution in [1.29, 1.82) is 0 Å². The van der Waals surface area contributed by atoms with Gasteiger partial charge in [0.2, 0.25) is 0 Å². The summed E-state index contributed by atoms with van der Waals surface area (Å²) in [6, 6.07) is 4.15. The topological polar surface area (TPSA) is 75.6 Å². The largest absolute Gasteiger partial charge is 0.455 e. The van der Waals surface area contributed by atoms with Crippen LogP contribution in [0.4, 0.5) is 0 Å². The molecule has 2 N–H and O–H groups in total. The number of amides is 1. The van der Waals surface area contributed by atoms with E-state index in [4.69, 9.17) is 4.74 Å². The number of aliphatic hydroxyl groups is 1. The molecule has 1 aromatic heterocycles. The molecule has 0 saturated heterocycles. The van der Waals surface area contributed by atoms with Crippen LogP contribution in [0.2, 0.25) is 0 Å². The Morgan fingerprint density at radius 1 is 1.30 bits per heavy atom. The van der Waals surface area contributed by atoms with Gasteiger partial charge in [-0.05, 0) is 61.8 Å². The number of ether oxygens (including phenoxy) is 1. The molecule has 0 radical (unpaired) electrons. The van der Waals surface area contributed by atoms with Crippen molar-refractivity contribution in [2.45, 2.75) is 49.9 Å². The van der Waals surface area contributed by atoms with Crippen LogP contribution in [0.15, 0.2) is 17.5 Å². The number of thioether (sulfide) groups is 1. The Kier molecular flexibility index (Phi) is 5.54. The number of hydrogen-bond donors (Lipinski definition) is 2. The molecule has 4 saturated carbocycles. The maximum atomic E-state index is 12.7. The SMILES string of the molecule is O=C(COC(=O)C12C[C@@H]3C[C@@H](CC(O)(C3)C1)C2)NCCSCc1cccs1. The molecule has 1 amide bonds. The predicted octanol–water partition coefficient (Wildman–Crippen LogP) is 2.97. The van der Waals surface area contributed by atoms with Crippen LogP contribution in [0.25, 0.3) is 0 Å². The van der Waals surface area contributed by atoms with Gasteiger partial charge in [-0.25, -0.2) is 0 Å². The van der Waals surface area contributed by atoms with E-state index in [9.17, 15) is 14.7 Å². The molecule has 0 spiro atoms. The van der Waals surface area contributed by atoms with Crippen molar-refractivity contribution >= 4 is 35.0 Å². The summed E-state index contributed by atoms with van der Waals surface area (Å²) in [4.78, 5) is 26.1. The van der Waals surface area contributed by atoms with E-state index in [1.807, 2.05) is 6.07 Å². The fraction of sp³-hybridized carbons (Fsp3) is 0.700. The smallest absolute Gasteiger partial charge is 0.312 e. The van der Waals surface area contributed by atoms with Crippen LogP contribution in [0.5, 0.6) is 0 Å². The van der Waals surface area contributed by atoms with Crippen LogP contribution in [0, 0.1) is 17.3 Å². The first-order valence-electron chi connectivity index (χ1n) is 9.73. The summed E-state index contributed by atoms with van der Waals surface area (Å²) in [5.74, 6) is 2.12. The first-order chi connectivity index (χ1) is 13.0. The van der Waals surface area contributed by atoms with Gasteiger partial charge in [0.25, 0.3) is 5.91 Å². The fourth-order valence-electron chi connectivity index (χ4n) is 5.62. The van der Waals surface area contributed by atoms with Crippen LogP contribution in [0.1, 0.15) is 43.4 Å². The summed E-state index contributed by atoms with van der Waals surface area (Å²) in [6.45, 7) is 0.353. The minimum absolute atomic E-state index is 0.218. The van der Waals surface area contributed by atoms with E-state index in [1.165, 1.54) is 4.88 Å². The molecule has 0 aliphatic heterocycles. The Hall–Kier alpha value is -1.05. The number of carbonyl (C=O) groups excluding carboxylic acids is 2. The Morgan fingerprint density at radius 3 is 2.74 bits per heavy atom. The summed E-state index contributed by atoms with van der Waals surface area (Å²) < 4.78 is 5.38. The van der Waals surface area contributed by atoms with Crippen molar-refractivity contribution < 1.29 is 19.4 Å². The van der Waals surface area contributed by atoms with Gasteiger partial charge in [0.1, 0.15) is 0 Å². The molecule has 148 valence electrons. The molecule has 4 aliphatic rings. The second-order valence-corrected chi connectivity index (χ2v) is 10.7. The highest BCUT2D eigenvalue weighted by molar-refractivity contribution is 7.98. The Labute approximate surface area is 168 Å². The number of carbonyl (C=O) groups is 2. The number of hydrogen-bond acceptors (Lipinski definition) is 6. The van der Waals surface area contributed by atoms with Crippen LogP contribution >= 0.6 is 23.1 Å². The molecule has 1 aromatic rings. The summed E-state index contributed by atoms with van der Waals surface area (Å²) in [5.41, 5.74) is -1.25. The minimum Gasteiger partial charge on any atom is -0.455 e. The molecule has 7 heteroatoms. The third-order valence-corrected chi connectivity index (χ3v) is 8.26. The molecule has 4 bridgehead atoms. The van der Waals surface area contributed by atoms with Gasteiger partial charge >= 0.3 is 5.97 Å². The molecular weight excluding hydrogens is 382 g/mol. The standard InChI is InChI=1S/C20H27NO4S2/c22-17(21-3-5-26-12-16-2-1-4-27-16)11-25-18(23)19-7-14-6-15(8-19)10-20(24,9-14)13-19/h1-2,4,14-15,24H,3,5-13H2,(H,21,22)/t14-,15+,19?,20?. The lowest BCUT2D eigenvalue weighted by atomic mass is 9.48. The highest BCUT2D eigenvalue weighted by atomic mass is 32.2. The van der Waals surface area contributed by atoms with Gasteiger partial charge in [-0.1, -0.05) is 6.07 Å². The van der Waals surface area contributed by atoms with E-state index in [2.05, 4.69) is 16.8 Å². The van der Waals surface area contributed by atoms with Gasteiger partial charge in [0.05, 0.1) is 11.0 Å². The van der Waals surface area contributed by atoms with Crippen molar-refractivity contribution in [2.24, 2.45) is 17.3 Å². The lowest BCUT2D eigenvalue weighted by molar-refractivity contribution is -0.196. The van der Waals surface area contributed by atoms with Crippen molar-refractivity contribution in [3.8, 4) is 0 Å². The maximum Gasteiger partial charge on any atom is 0.312 e. The van der Waals surface area contributed by atoms with Crippen LogP contribution in [0.3, 0.4) is 0 Å². The summed E-state index contributed by atoms with van der Waals surface area (Å²) >= 11 is 3.51. The molecule has 27 heavy (non-hydrogen) atoms. The normalized spacial score (nSPS) is 33.8. The van der Waals surface area contributed by atoms with Crippen molar-refractivity contribution in [3.63, 3.8) is 0 Å². The van der Waals surface area contributed by atoms with Gasteiger partial charge in [0.15, 0.2) is 6.61 Å².